The Morgan fingerprint density at radius 2 is 2.00 bits per heavy atom. The van der Waals surface area contributed by atoms with Crippen LogP contribution in [0.15, 0.2) is 47.6 Å². The lowest BCUT2D eigenvalue weighted by molar-refractivity contribution is -0.120. The van der Waals surface area contributed by atoms with Crippen LogP contribution in [0.3, 0.4) is 0 Å². The largest absolute Gasteiger partial charge is 0.384 e. The summed E-state index contributed by atoms with van der Waals surface area (Å²) in [6.45, 7) is 1.57. The highest BCUT2D eigenvalue weighted by molar-refractivity contribution is 6.33. The van der Waals surface area contributed by atoms with Gasteiger partial charge in [0.1, 0.15) is 5.82 Å². The molecule has 0 bridgehead atoms. The van der Waals surface area contributed by atoms with Crippen molar-refractivity contribution in [1.29, 1.82) is 0 Å². The molecule has 0 fully saturated rings. The number of anilines is 1. The van der Waals surface area contributed by atoms with Gasteiger partial charge in [-0.15, -0.1) is 0 Å². The number of nitrogens with one attached hydrogen (secondary N) is 1. The van der Waals surface area contributed by atoms with E-state index in [1.54, 1.807) is 12.1 Å². The molecular formula is C16H15ClFN3O2. The molecule has 7 heteroatoms. The summed E-state index contributed by atoms with van der Waals surface area (Å²) < 4.78 is 12.8. The van der Waals surface area contributed by atoms with Crippen LogP contribution in [-0.4, -0.2) is 18.3 Å². The summed E-state index contributed by atoms with van der Waals surface area (Å²) >= 11 is 6.02. The molecular weight excluding hydrogens is 321 g/mol. The Kier molecular flexibility index (Phi) is 5.54. The van der Waals surface area contributed by atoms with Gasteiger partial charge in [-0.1, -0.05) is 22.8 Å². The molecule has 5 nitrogen and oxygen atoms in total. The molecule has 1 amide bonds. The Hall–Kier alpha value is -2.60. The van der Waals surface area contributed by atoms with Gasteiger partial charge in [0.15, 0.2) is 12.4 Å². The molecule has 0 heterocycles. The van der Waals surface area contributed by atoms with Crippen LogP contribution in [0.1, 0.15) is 11.1 Å². The van der Waals surface area contributed by atoms with Crippen molar-refractivity contribution in [3.63, 3.8) is 0 Å². The van der Waals surface area contributed by atoms with E-state index in [4.69, 9.17) is 22.2 Å². The number of carbonyl (C=O) groups is 1. The molecule has 2 rings (SSSR count). The molecule has 23 heavy (non-hydrogen) atoms. The summed E-state index contributed by atoms with van der Waals surface area (Å²) in [5.41, 5.74) is 7.64. The fourth-order valence-corrected chi connectivity index (χ4v) is 2.02. The smallest absolute Gasteiger partial charge is 0.265 e. The van der Waals surface area contributed by atoms with Gasteiger partial charge < -0.3 is 15.9 Å². The minimum absolute atomic E-state index is 0.0474. The van der Waals surface area contributed by atoms with Crippen LogP contribution in [0.5, 0.6) is 0 Å². The predicted molar refractivity (Wildman–Crippen MR) is 87.9 cm³/mol. The van der Waals surface area contributed by atoms with Crippen LogP contribution in [0.4, 0.5) is 10.1 Å². The maximum Gasteiger partial charge on any atom is 0.265 e. The zero-order valence-electron chi connectivity index (χ0n) is 12.3. The zero-order chi connectivity index (χ0) is 16.8. The molecule has 0 unspecified atom stereocenters. The van der Waals surface area contributed by atoms with Crippen molar-refractivity contribution in [3.05, 3.63) is 64.4 Å². The molecule has 0 aromatic heterocycles. The number of nitrogens with two attached hydrogens (primary N) is 1. The lowest BCUT2D eigenvalue weighted by Gasteiger charge is -2.07. The Labute approximate surface area is 137 Å². The summed E-state index contributed by atoms with van der Waals surface area (Å²) in [7, 11) is 0. The van der Waals surface area contributed by atoms with Crippen molar-refractivity contribution in [2.75, 3.05) is 11.9 Å². The predicted octanol–water partition coefficient (Wildman–Crippen LogP) is 3.06. The highest BCUT2D eigenvalue weighted by atomic mass is 35.5. The van der Waals surface area contributed by atoms with E-state index in [1.165, 1.54) is 24.3 Å². The minimum Gasteiger partial charge on any atom is -0.384 e. The van der Waals surface area contributed by atoms with Crippen molar-refractivity contribution < 1.29 is 14.0 Å². The molecule has 2 aromatic carbocycles. The molecule has 0 saturated carbocycles. The summed E-state index contributed by atoms with van der Waals surface area (Å²) in [6, 6.07) is 10.7. The molecule has 0 aliphatic rings. The molecule has 0 aliphatic heterocycles. The van der Waals surface area contributed by atoms with Gasteiger partial charge in [0.25, 0.3) is 5.91 Å². The number of amidine groups is 1. The van der Waals surface area contributed by atoms with E-state index in [9.17, 15) is 9.18 Å². The Morgan fingerprint density at radius 1 is 1.30 bits per heavy atom. The number of aryl methyl sites for hydroxylation is 1. The summed E-state index contributed by atoms with van der Waals surface area (Å²) in [5.74, 6) is -0.755. The van der Waals surface area contributed by atoms with Gasteiger partial charge in [-0.3, -0.25) is 4.79 Å². The summed E-state index contributed by atoms with van der Waals surface area (Å²) in [5, 5.41) is 6.66. The van der Waals surface area contributed by atoms with Crippen molar-refractivity contribution in [2.24, 2.45) is 10.9 Å². The van der Waals surface area contributed by atoms with Crippen LogP contribution in [0.25, 0.3) is 0 Å². The zero-order valence-corrected chi connectivity index (χ0v) is 13.1. The van der Waals surface area contributed by atoms with Gasteiger partial charge in [-0.05, 0) is 48.9 Å². The summed E-state index contributed by atoms with van der Waals surface area (Å²) in [6.07, 6.45) is 0. The van der Waals surface area contributed by atoms with Crippen LogP contribution in [0, 0.1) is 12.7 Å². The van der Waals surface area contributed by atoms with Crippen molar-refractivity contribution in [1.82, 2.24) is 0 Å². The fourth-order valence-electron chi connectivity index (χ4n) is 1.74. The third-order valence-electron chi connectivity index (χ3n) is 2.90. The van der Waals surface area contributed by atoms with Gasteiger partial charge in [-0.25, -0.2) is 4.39 Å². The first kappa shape index (κ1) is 16.8. The monoisotopic (exact) mass is 335 g/mol. The highest BCUT2D eigenvalue weighted by Gasteiger charge is 2.07. The van der Waals surface area contributed by atoms with E-state index < -0.39 is 5.91 Å². The number of amides is 1. The number of hydrogen-bond donors (Lipinski definition) is 2. The van der Waals surface area contributed by atoms with Crippen LogP contribution < -0.4 is 11.1 Å². The maximum absolute atomic E-state index is 12.8. The first-order chi connectivity index (χ1) is 11.0. The van der Waals surface area contributed by atoms with Crippen molar-refractivity contribution in [3.8, 4) is 0 Å². The minimum atomic E-state index is -0.425. The highest BCUT2D eigenvalue weighted by Crippen LogP contribution is 2.22. The fraction of sp³-hybridized carbons (Fsp3) is 0.125. The number of rotatable bonds is 5. The molecule has 2 aromatic rings. The Morgan fingerprint density at radius 3 is 2.65 bits per heavy atom. The van der Waals surface area contributed by atoms with Gasteiger partial charge >= 0.3 is 0 Å². The topological polar surface area (TPSA) is 76.7 Å². The Balaban J connectivity index is 1.89. The number of nitrogens with zero attached hydrogens (tertiary/aromatic N) is 1. The van der Waals surface area contributed by atoms with Gasteiger partial charge in [0.2, 0.25) is 0 Å². The van der Waals surface area contributed by atoms with Crippen LogP contribution in [-0.2, 0) is 9.63 Å². The lowest BCUT2D eigenvalue weighted by atomic mass is 10.2. The van der Waals surface area contributed by atoms with Crippen LogP contribution in [0.2, 0.25) is 5.02 Å². The average molecular weight is 336 g/mol. The third kappa shape index (κ3) is 4.96. The van der Waals surface area contributed by atoms with E-state index in [1.807, 2.05) is 13.0 Å². The number of halogens is 2. The first-order valence-electron chi connectivity index (χ1n) is 6.73. The molecule has 120 valence electrons. The Bertz CT molecular complexity index is 733. The molecule has 0 atom stereocenters. The maximum atomic E-state index is 12.8. The molecule has 0 radical (unpaired) electrons. The number of oxime groups is 1. The third-order valence-corrected chi connectivity index (χ3v) is 3.21. The standard InChI is InChI=1S/C16H15ClFN3O2/c1-10-2-7-14(13(17)8-10)20-15(22)9-23-21-16(19)11-3-5-12(18)6-4-11/h2-8H,9H2,1H3,(H2,19,21)(H,20,22). The summed E-state index contributed by atoms with van der Waals surface area (Å²) in [4.78, 5) is 16.6. The second kappa shape index (κ2) is 7.60. The second-order valence-electron chi connectivity index (χ2n) is 4.79. The molecule has 0 aliphatic carbocycles. The van der Waals surface area contributed by atoms with Crippen molar-refractivity contribution >= 4 is 29.0 Å². The van der Waals surface area contributed by atoms with E-state index in [2.05, 4.69) is 10.5 Å². The number of carbonyl (C=O) groups excluding carboxylic acids is 1. The second-order valence-corrected chi connectivity index (χ2v) is 5.20. The van der Waals surface area contributed by atoms with Gasteiger partial charge in [0, 0.05) is 5.56 Å². The lowest BCUT2D eigenvalue weighted by Crippen LogP contribution is -2.19. The molecule has 0 saturated heterocycles. The van der Waals surface area contributed by atoms with E-state index in [-0.39, 0.29) is 18.3 Å². The normalized spacial score (nSPS) is 11.2. The number of hydrogen-bond acceptors (Lipinski definition) is 3. The SMILES string of the molecule is Cc1ccc(NC(=O)CO/N=C(\N)c2ccc(F)cc2)c(Cl)c1. The van der Waals surface area contributed by atoms with Crippen LogP contribution >= 0.6 is 11.6 Å². The quantitative estimate of drug-likeness (QED) is 0.501. The van der Waals surface area contributed by atoms with Gasteiger partial charge in [0.05, 0.1) is 10.7 Å². The van der Waals surface area contributed by atoms with Crippen molar-refractivity contribution in [2.45, 2.75) is 6.92 Å². The van der Waals surface area contributed by atoms with Gasteiger partial charge in [-0.2, -0.15) is 0 Å². The van der Waals surface area contributed by atoms with E-state index in [0.717, 1.165) is 5.56 Å². The number of benzene rings is 2. The molecule has 0 spiro atoms. The van der Waals surface area contributed by atoms with E-state index >= 15 is 0 Å². The molecule has 3 N–H and O–H groups in total. The van der Waals surface area contributed by atoms with E-state index in [0.29, 0.717) is 16.3 Å². The average Bonchev–Trinajstić information content (AvgIpc) is 2.50. The first-order valence-corrected chi connectivity index (χ1v) is 7.11.